The number of likely N-dealkylation sites (tertiary alicyclic amines) is 1. The zero-order valence-corrected chi connectivity index (χ0v) is 25.5. The number of carbonyl (C=O) groups excluding carboxylic acids is 3. The molecule has 1 N–H and O–H groups in total. The molecular weight excluding hydrogens is 558 g/mol. The van der Waals surface area contributed by atoms with Gasteiger partial charge in [0, 0.05) is 25.3 Å². The van der Waals surface area contributed by atoms with Crippen molar-refractivity contribution in [2.45, 2.75) is 57.5 Å². The fourth-order valence-electron chi connectivity index (χ4n) is 7.40. The van der Waals surface area contributed by atoms with Gasteiger partial charge in [0.05, 0.1) is 37.2 Å². The molecule has 9 heteroatoms. The Morgan fingerprint density at radius 3 is 2.41 bits per heavy atom. The maximum absolute atomic E-state index is 14.6. The van der Waals surface area contributed by atoms with E-state index >= 15 is 0 Å². The lowest BCUT2D eigenvalue weighted by molar-refractivity contribution is -0.151. The molecule has 4 aliphatic rings. The van der Waals surface area contributed by atoms with Crippen molar-refractivity contribution in [3.63, 3.8) is 0 Å². The summed E-state index contributed by atoms with van der Waals surface area (Å²) >= 11 is 0. The summed E-state index contributed by atoms with van der Waals surface area (Å²) in [6.45, 7) is 7.25. The van der Waals surface area contributed by atoms with Crippen LogP contribution in [-0.4, -0.2) is 82.7 Å². The Labute approximate surface area is 258 Å². The summed E-state index contributed by atoms with van der Waals surface area (Å²) in [5.41, 5.74) is 0.319. The summed E-state index contributed by atoms with van der Waals surface area (Å²) in [4.78, 5) is 48.6. The van der Waals surface area contributed by atoms with E-state index in [-0.39, 0.29) is 30.2 Å². The molecule has 3 amide bonds. The summed E-state index contributed by atoms with van der Waals surface area (Å²) in [7, 11) is 0. The van der Waals surface area contributed by atoms with Gasteiger partial charge in [-0.05, 0) is 49.1 Å². The number of carbonyl (C=O) groups is 3. The van der Waals surface area contributed by atoms with Crippen LogP contribution in [0.1, 0.15) is 32.8 Å². The molecular formula is C35H41N3O6. The molecule has 0 aromatic heterocycles. The van der Waals surface area contributed by atoms with Crippen LogP contribution in [0.25, 0.3) is 0 Å². The lowest BCUT2D eigenvalue weighted by Crippen LogP contribution is -2.58. The van der Waals surface area contributed by atoms with Crippen molar-refractivity contribution >= 4 is 23.4 Å². The highest BCUT2D eigenvalue weighted by Gasteiger charge is 2.72. The third-order valence-corrected chi connectivity index (χ3v) is 9.20. The number of fused-ring (bicyclic) bond motifs is 2. The van der Waals surface area contributed by atoms with E-state index in [1.54, 1.807) is 14.7 Å². The van der Waals surface area contributed by atoms with Crippen molar-refractivity contribution in [3.8, 4) is 5.75 Å². The zero-order valence-electron chi connectivity index (χ0n) is 25.5. The molecule has 0 bridgehead atoms. The minimum atomic E-state index is -1.35. The van der Waals surface area contributed by atoms with Crippen molar-refractivity contribution in [3.05, 3.63) is 84.5 Å². The molecule has 2 aromatic carbocycles. The molecule has 0 radical (unpaired) electrons. The van der Waals surface area contributed by atoms with E-state index in [0.717, 1.165) is 5.56 Å². The average Bonchev–Trinajstić information content (AvgIpc) is 3.34. The minimum Gasteiger partial charge on any atom is -0.494 e. The molecule has 2 fully saturated rings. The molecule has 0 saturated carbocycles. The van der Waals surface area contributed by atoms with E-state index in [9.17, 15) is 19.5 Å². The molecule has 6 atom stereocenters. The summed E-state index contributed by atoms with van der Waals surface area (Å²) in [5, 5.41) is 10.6. The maximum Gasteiger partial charge on any atom is 0.249 e. The van der Waals surface area contributed by atoms with Gasteiger partial charge in [0.2, 0.25) is 17.7 Å². The third-order valence-electron chi connectivity index (χ3n) is 9.20. The van der Waals surface area contributed by atoms with Gasteiger partial charge in [0.1, 0.15) is 17.4 Å². The van der Waals surface area contributed by atoms with Crippen LogP contribution in [0.2, 0.25) is 0 Å². The predicted molar refractivity (Wildman–Crippen MR) is 166 cm³/mol. The highest BCUT2D eigenvalue weighted by atomic mass is 16.5. The number of rotatable bonds is 9. The highest BCUT2D eigenvalue weighted by Crippen LogP contribution is 2.54. The molecule has 44 heavy (non-hydrogen) atoms. The maximum atomic E-state index is 14.6. The van der Waals surface area contributed by atoms with Crippen molar-refractivity contribution in [2.75, 3.05) is 31.2 Å². The molecule has 4 heterocycles. The van der Waals surface area contributed by atoms with E-state index in [2.05, 4.69) is 0 Å². The quantitative estimate of drug-likeness (QED) is 0.443. The first-order valence-electron chi connectivity index (χ1n) is 15.6. The molecule has 2 aromatic rings. The number of ether oxygens (including phenoxy) is 2. The van der Waals surface area contributed by atoms with Gasteiger partial charge in [-0.3, -0.25) is 14.4 Å². The zero-order chi connectivity index (χ0) is 31.0. The first-order chi connectivity index (χ1) is 21.3. The predicted octanol–water partition coefficient (Wildman–Crippen LogP) is 3.57. The molecule has 0 aliphatic carbocycles. The van der Waals surface area contributed by atoms with Gasteiger partial charge < -0.3 is 29.3 Å². The van der Waals surface area contributed by atoms with Gasteiger partial charge in [-0.2, -0.15) is 0 Å². The second-order valence-corrected chi connectivity index (χ2v) is 12.5. The monoisotopic (exact) mass is 599 g/mol. The topological polar surface area (TPSA) is 99.6 Å². The van der Waals surface area contributed by atoms with Crippen molar-refractivity contribution in [2.24, 2.45) is 17.8 Å². The Morgan fingerprint density at radius 1 is 0.977 bits per heavy atom. The van der Waals surface area contributed by atoms with Crippen LogP contribution >= 0.6 is 0 Å². The van der Waals surface area contributed by atoms with Crippen molar-refractivity contribution in [1.82, 2.24) is 9.80 Å². The highest BCUT2D eigenvalue weighted by molar-refractivity contribution is 6.04. The first-order valence-corrected chi connectivity index (χ1v) is 15.6. The van der Waals surface area contributed by atoms with Gasteiger partial charge in [-0.15, -0.1) is 0 Å². The summed E-state index contributed by atoms with van der Waals surface area (Å²) in [5.74, 6) is -1.67. The molecule has 232 valence electrons. The molecule has 4 aliphatic heterocycles. The molecule has 9 nitrogen and oxygen atoms in total. The second-order valence-electron chi connectivity index (χ2n) is 12.5. The van der Waals surface area contributed by atoms with Crippen LogP contribution in [0.15, 0.2) is 78.9 Å². The molecule has 1 unspecified atom stereocenters. The Balaban J connectivity index is 1.40. The summed E-state index contributed by atoms with van der Waals surface area (Å²) < 4.78 is 12.4. The van der Waals surface area contributed by atoms with Gasteiger partial charge in [0.25, 0.3) is 0 Å². The Bertz CT molecular complexity index is 1440. The first kappa shape index (κ1) is 30.1. The number of aliphatic hydroxyl groups excluding tert-OH is 1. The van der Waals surface area contributed by atoms with Crippen LogP contribution in [-0.2, 0) is 25.7 Å². The van der Waals surface area contributed by atoms with E-state index in [4.69, 9.17) is 9.47 Å². The number of benzene rings is 2. The van der Waals surface area contributed by atoms with Crippen LogP contribution in [0.3, 0.4) is 0 Å². The number of hydrogen-bond donors (Lipinski definition) is 1. The fourth-order valence-corrected chi connectivity index (χ4v) is 7.40. The van der Waals surface area contributed by atoms with Gasteiger partial charge in [-0.25, -0.2) is 0 Å². The fraction of sp³-hybridized carbons (Fsp3) is 0.457. The van der Waals surface area contributed by atoms with Crippen LogP contribution in [0.4, 0.5) is 5.69 Å². The smallest absolute Gasteiger partial charge is 0.249 e. The average molecular weight is 600 g/mol. The number of hydrogen-bond acceptors (Lipinski definition) is 6. The Morgan fingerprint density at radius 2 is 1.73 bits per heavy atom. The number of aliphatic hydroxyl groups is 1. The second kappa shape index (κ2) is 12.2. The van der Waals surface area contributed by atoms with Crippen LogP contribution in [0, 0.1) is 17.8 Å². The van der Waals surface area contributed by atoms with E-state index in [1.807, 2.05) is 99.7 Å². The van der Waals surface area contributed by atoms with Crippen LogP contribution < -0.4 is 9.64 Å². The molecule has 2 saturated heterocycles. The number of nitrogens with zero attached hydrogens (tertiary/aromatic N) is 3. The van der Waals surface area contributed by atoms with Crippen molar-refractivity contribution < 1.29 is 29.0 Å². The molecule has 6 rings (SSSR count). The van der Waals surface area contributed by atoms with E-state index in [0.29, 0.717) is 44.1 Å². The lowest BCUT2D eigenvalue weighted by Gasteiger charge is -2.39. The summed E-state index contributed by atoms with van der Waals surface area (Å²) in [6, 6.07) is 15.5. The lowest BCUT2D eigenvalue weighted by atomic mass is 9.77. The van der Waals surface area contributed by atoms with E-state index in [1.165, 1.54) is 0 Å². The van der Waals surface area contributed by atoms with Crippen LogP contribution in [0.5, 0.6) is 5.75 Å². The van der Waals surface area contributed by atoms with E-state index < -0.39 is 35.6 Å². The third kappa shape index (κ3) is 5.12. The standard InChI is InChI=1S/C35H41N3O6/c1-4-43-27-15-13-25(14-16-27)37-19-8-12-28-29(32(37)40)30-33(41)38(26(22-39)20-23(2)3)31-34(42)36(18-9-17-35(30,31)44-28)21-24-10-6-5-7-11-24/h5-17,23,26,28-31,39H,4,18-22H2,1-3H3/t26-,28+,29-,30+,31?,35+/m1/s1. The number of anilines is 1. The van der Waals surface area contributed by atoms with Crippen molar-refractivity contribution in [1.29, 1.82) is 0 Å². The van der Waals surface area contributed by atoms with Gasteiger partial charge in [-0.1, -0.05) is 68.5 Å². The summed E-state index contributed by atoms with van der Waals surface area (Å²) in [6.07, 6.45) is 7.34. The Kier molecular flexibility index (Phi) is 8.35. The SMILES string of the molecule is CCOc1ccc(N2CC=C[C@@H]3O[C@]45C=CCN(Cc6ccccc6)C(=O)C4N([C@@H](CO)CC(C)C)C(=O)[C@@H]5[C@@H]3C2=O)cc1. The van der Waals surface area contributed by atoms with Gasteiger partial charge in [0.15, 0.2) is 0 Å². The number of amides is 3. The Hall–Kier alpha value is -3.95. The largest absolute Gasteiger partial charge is 0.494 e. The molecule has 1 spiro atoms. The minimum absolute atomic E-state index is 0.166. The van der Waals surface area contributed by atoms with Gasteiger partial charge >= 0.3 is 0 Å². The normalized spacial score (nSPS) is 28.6.